The molecule has 1 fully saturated rings. The molecule has 1 saturated heterocycles. The summed E-state index contributed by atoms with van der Waals surface area (Å²) in [4.78, 5) is 26.9. The maximum atomic E-state index is 12.6. The van der Waals surface area contributed by atoms with Crippen LogP contribution in [0.4, 0.5) is 24.8 Å². The van der Waals surface area contributed by atoms with Gasteiger partial charge in [0.05, 0.1) is 13.2 Å². The molecule has 1 amide bonds. The third-order valence-corrected chi connectivity index (χ3v) is 6.27. The Morgan fingerprint density at radius 1 is 1.05 bits per heavy atom. The summed E-state index contributed by atoms with van der Waals surface area (Å²) in [5.41, 5.74) is 3.23. The highest BCUT2D eigenvalue weighted by atomic mass is 19.4. The quantitative estimate of drug-likeness (QED) is 0.345. The summed E-state index contributed by atoms with van der Waals surface area (Å²) in [5, 5.41) is 2.79. The van der Waals surface area contributed by atoms with Gasteiger partial charge in [-0.3, -0.25) is 9.78 Å². The van der Waals surface area contributed by atoms with Crippen LogP contribution in [-0.2, 0) is 4.74 Å². The number of ether oxygens (including phenoxy) is 1. The molecule has 0 bridgehead atoms. The number of halogens is 3. The second kappa shape index (κ2) is 14.4. The molecule has 3 aromatic heterocycles. The van der Waals surface area contributed by atoms with Crippen LogP contribution in [-0.4, -0.2) is 53.3 Å². The highest BCUT2D eigenvalue weighted by Gasteiger charge is 2.30. The van der Waals surface area contributed by atoms with Crippen molar-refractivity contribution in [3.63, 3.8) is 0 Å². The summed E-state index contributed by atoms with van der Waals surface area (Å²) < 4.78 is 43.1. The maximum absolute atomic E-state index is 12.6. The van der Waals surface area contributed by atoms with E-state index in [1.165, 1.54) is 6.08 Å². The first-order valence-corrected chi connectivity index (χ1v) is 13.0. The summed E-state index contributed by atoms with van der Waals surface area (Å²) in [6.07, 6.45) is 4.16. The average molecular weight is 554 g/mol. The van der Waals surface area contributed by atoms with Gasteiger partial charge in [0.25, 0.3) is 5.91 Å². The number of alkyl halides is 3. The molecular formula is C30H34F3N5O2. The van der Waals surface area contributed by atoms with Gasteiger partial charge in [-0.25, -0.2) is 9.97 Å². The Bertz CT molecular complexity index is 1320. The number of aryl methyl sites for hydroxylation is 1. The van der Waals surface area contributed by atoms with Crippen LogP contribution in [0.1, 0.15) is 48.7 Å². The first-order valence-electron chi connectivity index (χ1n) is 13.0. The minimum absolute atomic E-state index is 0.187. The molecular weight excluding hydrogens is 519 g/mol. The largest absolute Gasteiger partial charge is 0.412 e. The number of hydrogen-bond donors (Lipinski definition) is 1. The van der Waals surface area contributed by atoms with Gasteiger partial charge in [0.2, 0.25) is 0 Å². The van der Waals surface area contributed by atoms with Crippen molar-refractivity contribution in [2.75, 3.05) is 36.5 Å². The lowest BCUT2D eigenvalue weighted by atomic mass is 9.98. The van der Waals surface area contributed by atoms with Gasteiger partial charge >= 0.3 is 6.18 Å². The van der Waals surface area contributed by atoms with E-state index in [4.69, 9.17) is 4.74 Å². The Morgan fingerprint density at radius 2 is 1.80 bits per heavy atom. The number of pyridine rings is 3. The lowest BCUT2D eigenvalue weighted by Crippen LogP contribution is -2.36. The topological polar surface area (TPSA) is 80.2 Å². The number of carbonyl (C=O) groups is 1. The molecule has 3 aromatic rings. The van der Waals surface area contributed by atoms with Crippen molar-refractivity contribution in [1.29, 1.82) is 0 Å². The van der Waals surface area contributed by atoms with Gasteiger partial charge in [-0.1, -0.05) is 24.6 Å². The lowest BCUT2D eigenvalue weighted by molar-refractivity contribution is -0.0912. The molecule has 10 heteroatoms. The molecule has 7 nitrogen and oxygen atoms in total. The summed E-state index contributed by atoms with van der Waals surface area (Å²) >= 11 is 0. The Balaban J connectivity index is 0.000000226. The number of nitrogens with one attached hydrogen (secondary N) is 1. The smallest absolute Gasteiger partial charge is 0.378 e. The number of aromatic nitrogens is 3. The van der Waals surface area contributed by atoms with Crippen molar-refractivity contribution >= 4 is 23.1 Å². The van der Waals surface area contributed by atoms with Crippen molar-refractivity contribution in [2.45, 2.75) is 40.3 Å². The van der Waals surface area contributed by atoms with Gasteiger partial charge in [0.1, 0.15) is 11.6 Å². The third-order valence-electron chi connectivity index (χ3n) is 6.27. The van der Waals surface area contributed by atoms with Crippen molar-refractivity contribution in [2.24, 2.45) is 0 Å². The molecule has 0 atom stereocenters. The van der Waals surface area contributed by atoms with E-state index >= 15 is 0 Å². The van der Waals surface area contributed by atoms with Crippen molar-refractivity contribution < 1.29 is 22.7 Å². The first-order chi connectivity index (χ1) is 19.1. The predicted molar refractivity (Wildman–Crippen MR) is 151 cm³/mol. The van der Waals surface area contributed by atoms with Gasteiger partial charge in [0, 0.05) is 49.0 Å². The number of morpholine rings is 1. The van der Waals surface area contributed by atoms with Crippen molar-refractivity contribution in [3.8, 4) is 0 Å². The molecule has 0 spiro atoms. The number of carbonyl (C=O) groups excluding carboxylic acids is 1. The van der Waals surface area contributed by atoms with E-state index in [9.17, 15) is 18.0 Å². The third kappa shape index (κ3) is 9.01. The lowest BCUT2D eigenvalue weighted by Gasteiger charge is -2.27. The fraction of sp³-hybridized carbons (Fsp3) is 0.333. The van der Waals surface area contributed by atoms with Gasteiger partial charge in [-0.15, -0.1) is 0 Å². The van der Waals surface area contributed by atoms with Crippen LogP contribution in [0.3, 0.4) is 0 Å². The SMILES string of the molecule is CC/C(C)=C(/C=C(\C)C(F)(F)F)c1cccnc1.Cc1ccc(NC(=O)c2ccnc(N3CCOCC3)c2)nc1. The van der Waals surface area contributed by atoms with E-state index in [-0.39, 0.29) is 5.91 Å². The zero-order valence-corrected chi connectivity index (χ0v) is 23.1. The van der Waals surface area contributed by atoms with Crippen LogP contribution in [0.25, 0.3) is 5.57 Å². The van der Waals surface area contributed by atoms with Crippen LogP contribution >= 0.6 is 0 Å². The Kier molecular flexibility index (Phi) is 11.0. The van der Waals surface area contributed by atoms with Crippen LogP contribution in [0.5, 0.6) is 0 Å². The van der Waals surface area contributed by atoms with E-state index in [2.05, 4.69) is 25.2 Å². The van der Waals surface area contributed by atoms with Gasteiger partial charge in [-0.2, -0.15) is 13.2 Å². The minimum Gasteiger partial charge on any atom is -0.378 e. The second-order valence-electron chi connectivity index (χ2n) is 9.29. The molecule has 0 aromatic carbocycles. The van der Waals surface area contributed by atoms with Gasteiger partial charge < -0.3 is 15.0 Å². The molecule has 0 aliphatic carbocycles. The Hall–Kier alpha value is -4.05. The average Bonchev–Trinajstić information content (AvgIpc) is 2.97. The van der Waals surface area contributed by atoms with Gasteiger partial charge in [0.15, 0.2) is 0 Å². The van der Waals surface area contributed by atoms with Crippen LogP contribution in [0.2, 0.25) is 0 Å². The monoisotopic (exact) mass is 553 g/mol. The number of hydrogen-bond acceptors (Lipinski definition) is 6. The highest BCUT2D eigenvalue weighted by Crippen LogP contribution is 2.30. The van der Waals surface area contributed by atoms with E-state index < -0.39 is 11.7 Å². The molecule has 0 unspecified atom stereocenters. The maximum Gasteiger partial charge on any atom is 0.412 e. The molecule has 1 N–H and O–H groups in total. The van der Waals surface area contributed by atoms with Crippen molar-refractivity contribution in [1.82, 2.24) is 15.0 Å². The number of amides is 1. The normalized spacial score (nSPS) is 14.6. The van der Waals surface area contributed by atoms with E-state index in [0.29, 0.717) is 42.2 Å². The van der Waals surface area contributed by atoms with E-state index in [1.807, 2.05) is 26.8 Å². The second-order valence-corrected chi connectivity index (χ2v) is 9.29. The van der Waals surface area contributed by atoms with Crippen molar-refractivity contribution in [3.05, 3.63) is 95.1 Å². The highest BCUT2D eigenvalue weighted by molar-refractivity contribution is 6.04. The zero-order chi connectivity index (χ0) is 29.1. The van der Waals surface area contributed by atoms with Crippen LogP contribution in [0.15, 0.2) is 78.4 Å². The molecule has 40 heavy (non-hydrogen) atoms. The fourth-order valence-corrected chi connectivity index (χ4v) is 3.72. The summed E-state index contributed by atoms with van der Waals surface area (Å²) in [6, 6.07) is 10.7. The van der Waals surface area contributed by atoms with Gasteiger partial charge in [-0.05, 0) is 74.2 Å². The molecule has 4 heterocycles. The summed E-state index contributed by atoms with van der Waals surface area (Å²) in [5.74, 6) is 1.15. The fourth-order valence-electron chi connectivity index (χ4n) is 3.72. The Labute approximate surface area is 232 Å². The van der Waals surface area contributed by atoms with Crippen LogP contribution in [0, 0.1) is 6.92 Å². The number of nitrogens with zero attached hydrogens (tertiary/aromatic N) is 4. The zero-order valence-electron chi connectivity index (χ0n) is 23.1. The number of anilines is 2. The minimum atomic E-state index is -4.29. The predicted octanol–water partition coefficient (Wildman–Crippen LogP) is 6.65. The van der Waals surface area contributed by atoms with Crippen LogP contribution < -0.4 is 10.2 Å². The Morgan fingerprint density at radius 3 is 2.40 bits per heavy atom. The number of rotatable bonds is 6. The molecule has 0 saturated carbocycles. The summed E-state index contributed by atoms with van der Waals surface area (Å²) in [7, 11) is 0. The first kappa shape index (κ1) is 30.5. The van der Waals surface area contributed by atoms with E-state index in [0.717, 1.165) is 37.0 Å². The standard InChI is InChI=1S/C16H18N4O2.C14H16F3N/c1-12-2-3-14(18-11-12)19-16(21)13-4-5-17-15(10-13)20-6-8-22-9-7-20;1-4-10(2)13(8-11(3)14(15,16)17)12-6-5-7-18-9-12/h2-5,10-11H,6-9H2,1H3,(H,18,19,21);5-9H,4H2,1-3H3/b;11-8+,13-10-. The molecule has 212 valence electrons. The van der Waals surface area contributed by atoms with E-state index in [1.54, 1.807) is 55.1 Å². The number of allylic oxidation sites excluding steroid dienone is 4. The molecule has 1 aliphatic heterocycles. The molecule has 4 rings (SSSR count). The molecule has 0 radical (unpaired) electrons. The molecule has 1 aliphatic rings. The summed E-state index contributed by atoms with van der Waals surface area (Å²) in [6.45, 7) is 9.74.